The van der Waals surface area contributed by atoms with Crippen LogP contribution in [0.4, 0.5) is 5.13 Å². The third kappa shape index (κ3) is 5.36. The number of carbonyl (C=O) groups excluding carboxylic acids is 1. The van der Waals surface area contributed by atoms with E-state index in [1.165, 1.54) is 11.3 Å². The van der Waals surface area contributed by atoms with Crippen LogP contribution in [0.3, 0.4) is 0 Å². The van der Waals surface area contributed by atoms with Gasteiger partial charge in [-0.25, -0.2) is 0 Å². The second-order valence-electron chi connectivity index (χ2n) is 5.45. The zero-order valence-corrected chi connectivity index (χ0v) is 16.4. The average Bonchev–Trinajstić information content (AvgIpc) is 2.94. The molecule has 0 radical (unpaired) electrons. The monoisotopic (exact) mass is 385 g/mol. The van der Waals surface area contributed by atoms with Gasteiger partial charge in [-0.1, -0.05) is 55.5 Å². The van der Waals surface area contributed by atoms with Gasteiger partial charge >= 0.3 is 0 Å². The Kier molecular flexibility index (Phi) is 6.89. The van der Waals surface area contributed by atoms with Gasteiger partial charge < -0.3 is 4.74 Å². The molecule has 0 spiro atoms. The minimum Gasteiger partial charge on any atom is -0.481 e. The maximum absolute atomic E-state index is 12.4. The van der Waals surface area contributed by atoms with Crippen molar-refractivity contribution in [3.05, 3.63) is 28.8 Å². The number of ether oxygens (including phenoxy) is 1. The molecule has 2 aromatic rings. The lowest BCUT2D eigenvalue weighted by atomic mass is 10.2. The van der Waals surface area contributed by atoms with Crippen LogP contribution in [0.15, 0.2) is 22.5 Å². The molecule has 1 aromatic heterocycles. The van der Waals surface area contributed by atoms with Gasteiger partial charge in [0.2, 0.25) is 5.13 Å². The van der Waals surface area contributed by atoms with Crippen LogP contribution in [-0.4, -0.2) is 27.5 Å². The van der Waals surface area contributed by atoms with E-state index in [1.807, 2.05) is 19.9 Å². The SMILES string of the molecule is CC[C@@H](Oc1ccc(Cl)c(C)c1)C(=O)Nc1nnc(SC(C)C)s1. The third-order valence-corrected chi connectivity index (χ3v) is 5.39. The number of rotatable bonds is 7. The number of aryl methyl sites for hydroxylation is 1. The van der Waals surface area contributed by atoms with Crippen molar-refractivity contribution in [2.24, 2.45) is 0 Å². The molecule has 1 amide bonds. The lowest BCUT2D eigenvalue weighted by molar-refractivity contribution is -0.122. The van der Waals surface area contributed by atoms with E-state index in [4.69, 9.17) is 16.3 Å². The molecule has 0 fully saturated rings. The van der Waals surface area contributed by atoms with Crippen molar-refractivity contribution in [2.75, 3.05) is 5.32 Å². The lowest BCUT2D eigenvalue weighted by Gasteiger charge is -2.16. The van der Waals surface area contributed by atoms with Crippen LogP contribution >= 0.6 is 34.7 Å². The van der Waals surface area contributed by atoms with E-state index in [9.17, 15) is 4.79 Å². The van der Waals surface area contributed by atoms with E-state index in [0.717, 1.165) is 9.90 Å². The molecular formula is C16H20ClN3O2S2. The summed E-state index contributed by atoms with van der Waals surface area (Å²) in [5.41, 5.74) is 0.906. The summed E-state index contributed by atoms with van der Waals surface area (Å²) in [5.74, 6) is 0.384. The van der Waals surface area contributed by atoms with Crippen molar-refractivity contribution in [2.45, 2.75) is 49.8 Å². The van der Waals surface area contributed by atoms with Gasteiger partial charge in [-0.2, -0.15) is 0 Å². The largest absolute Gasteiger partial charge is 0.481 e. The first-order valence-corrected chi connectivity index (χ1v) is 9.70. The Morgan fingerprint density at radius 3 is 2.79 bits per heavy atom. The molecule has 1 N–H and O–H groups in total. The van der Waals surface area contributed by atoms with Crippen LogP contribution in [0.1, 0.15) is 32.8 Å². The van der Waals surface area contributed by atoms with Crippen molar-refractivity contribution in [1.29, 1.82) is 0 Å². The van der Waals surface area contributed by atoms with Crippen molar-refractivity contribution in [3.8, 4) is 5.75 Å². The number of benzene rings is 1. The molecule has 0 aliphatic heterocycles. The summed E-state index contributed by atoms with van der Waals surface area (Å²) in [5, 5.41) is 12.4. The van der Waals surface area contributed by atoms with Crippen LogP contribution in [0.25, 0.3) is 0 Å². The molecule has 0 saturated carbocycles. The van der Waals surface area contributed by atoms with Crippen LogP contribution < -0.4 is 10.1 Å². The molecule has 0 unspecified atom stereocenters. The van der Waals surface area contributed by atoms with Gasteiger partial charge in [-0.15, -0.1) is 10.2 Å². The number of nitrogens with zero attached hydrogens (tertiary/aromatic N) is 2. The molecule has 130 valence electrons. The number of amides is 1. The smallest absolute Gasteiger partial charge is 0.267 e. The molecule has 2 rings (SSSR count). The number of hydrogen-bond donors (Lipinski definition) is 1. The molecule has 0 saturated heterocycles. The Balaban J connectivity index is 2.00. The zero-order valence-electron chi connectivity index (χ0n) is 14.0. The lowest BCUT2D eigenvalue weighted by Crippen LogP contribution is -2.32. The summed E-state index contributed by atoms with van der Waals surface area (Å²) in [4.78, 5) is 12.4. The van der Waals surface area contributed by atoms with Gasteiger partial charge in [-0.3, -0.25) is 10.1 Å². The van der Waals surface area contributed by atoms with Crippen molar-refractivity contribution >= 4 is 45.7 Å². The number of anilines is 1. The quantitative estimate of drug-likeness (QED) is 0.548. The first-order chi connectivity index (χ1) is 11.4. The predicted octanol–water partition coefficient (Wildman–Crippen LogP) is 4.80. The molecule has 1 heterocycles. The fourth-order valence-corrected chi connectivity index (χ4v) is 3.97. The first-order valence-electron chi connectivity index (χ1n) is 7.62. The Labute approximate surface area is 155 Å². The highest BCUT2D eigenvalue weighted by molar-refractivity contribution is 8.01. The van der Waals surface area contributed by atoms with Crippen molar-refractivity contribution < 1.29 is 9.53 Å². The number of carbonyl (C=O) groups is 1. The second kappa shape index (κ2) is 8.69. The minimum atomic E-state index is -0.601. The van der Waals surface area contributed by atoms with E-state index >= 15 is 0 Å². The standard InChI is InChI=1S/C16H20ClN3O2S2/c1-5-13(22-11-6-7-12(17)10(4)8-11)14(21)18-15-19-20-16(24-15)23-9(2)3/h6-9,13H,5H2,1-4H3,(H,18,19,21)/t13-/m1/s1. The van der Waals surface area contributed by atoms with Crippen LogP contribution in [0.2, 0.25) is 5.02 Å². The number of thioether (sulfide) groups is 1. The molecule has 5 nitrogen and oxygen atoms in total. The van der Waals surface area contributed by atoms with E-state index in [1.54, 1.807) is 23.9 Å². The van der Waals surface area contributed by atoms with Crippen molar-refractivity contribution in [1.82, 2.24) is 10.2 Å². The van der Waals surface area contributed by atoms with Crippen LogP contribution in [0.5, 0.6) is 5.75 Å². The zero-order chi connectivity index (χ0) is 17.7. The van der Waals surface area contributed by atoms with E-state index in [2.05, 4.69) is 29.4 Å². The summed E-state index contributed by atoms with van der Waals surface area (Å²) in [6.45, 7) is 7.96. The Morgan fingerprint density at radius 1 is 1.42 bits per heavy atom. The first kappa shape index (κ1) is 19.0. The molecule has 1 atom stereocenters. The minimum absolute atomic E-state index is 0.234. The fraction of sp³-hybridized carbons (Fsp3) is 0.438. The fourth-order valence-electron chi connectivity index (χ4n) is 1.87. The third-order valence-electron chi connectivity index (χ3n) is 3.04. The van der Waals surface area contributed by atoms with Gasteiger partial charge in [-0.05, 0) is 37.1 Å². The van der Waals surface area contributed by atoms with E-state index in [0.29, 0.717) is 27.6 Å². The Hall–Kier alpha value is -1.31. The maximum atomic E-state index is 12.4. The number of nitrogens with one attached hydrogen (secondary N) is 1. The molecular weight excluding hydrogens is 366 g/mol. The summed E-state index contributed by atoms with van der Waals surface area (Å²) in [7, 11) is 0. The molecule has 24 heavy (non-hydrogen) atoms. The topological polar surface area (TPSA) is 64.1 Å². The Morgan fingerprint density at radius 2 is 2.17 bits per heavy atom. The predicted molar refractivity (Wildman–Crippen MR) is 100 cm³/mol. The maximum Gasteiger partial charge on any atom is 0.267 e. The highest BCUT2D eigenvalue weighted by Crippen LogP contribution is 2.29. The highest BCUT2D eigenvalue weighted by atomic mass is 35.5. The van der Waals surface area contributed by atoms with Crippen LogP contribution in [0, 0.1) is 6.92 Å². The average molecular weight is 386 g/mol. The highest BCUT2D eigenvalue weighted by Gasteiger charge is 2.20. The van der Waals surface area contributed by atoms with E-state index < -0.39 is 6.10 Å². The second-order valence-corrected chi connectivity index (χ2v) is 8.66. The van der Waals surface area contributed by atoms with Crippen molar-refractivity contribution in [3.63, 3.8) is 0 Å². The van der Waals surface area contributed by atoms with Gasteiger partial charge in [0.05, 0.1) is 0 Å². The molecule has 0 aliphatic rings. The normalized spacial score (nSPS) is 12.2. The number of hydrogen-bond acceptors (Lipinski definition) is 6. The Bertz CT molecular complexity index is 706. The van der Waals surface area contributed by atoms with Gasteiger partial charge in [0.25, 0.3) is 5.91 Å². The molecule has 0 aliphatic carbocycles. The summed E-state index contributed by atoms with van der Waals surface area (Å²) >= 11 is 8.99. The molecule has 8 heteroatoms. The molecule has 1 aromatic carbocycles. The van der Waals surface area contributed by atoms with E-state index in [-0.39, 0.29) is 5.91 Å². The summed E-state index contributed by atoms with van der Waals surface area (Å²) < 4.78 is 6.62. The van der Waals surface area contributed by atoms with Crippen LogP contribution in [-0.2, 0) is 4.79 Å². The summed E-state index contributed by atoms with van der Waals surface area (Å²) in [6.07, 6.45) is -0.0596. The molecule has 0 bridgehead atoms. The summed E-state index contributed by atoms with van der Waals surface area (Å²) in [6, 6.07) is 5.34. The van der Waals surface area contributed by atoms with Gasteiger partial charge in [0.1, 0.15) is 5.75 Å². The van der Waals surface area contributed by atoms with Gasteiger partial charge in [0, 0.05) is 10.3 Å². The number of aromatic nitrogens is 2. The van der Waals surface area contributed by atoms with Gasteiger partial charge in [0.15, 0.2) is 10.4 Å². The number of halogens is 1.